The second-order valence-corrected chi connectivity index (χ2v) is 7.89. The zero-order chi connectivity index (χ0) is 25.5. The van der Waals surface area contributed by atoms with Crippen molar-refractivity contribution in [2.75, 3.05) is 25.0 Å². The highest BCUT2D eigenvalue weighted by Crippen LogP contribution is 2.34. The summed E-state index contributed by atoms with van der Waals surface area (Å²) in [6.45, 7) is 2.57. The van der Waals surface area contributed by atoms with Crippen molar-refractivity contribution in [1.29, 1.82) is 0 Å². The molecule has 0 saturated heterocycles. The summed E-state index contributed by atoms with van der Waals surface area (Å²) < 4.78 is 13.7. The van der Waals surface area contributed by atoms with Gasteiger partial charge in [-0.05, 0) is 55.1 Å². The van der Waals surface area contributed by atoms with Crippen LogP contribution in [0, 0.1) is 5.82 Å². The molecule has 2 heterocycles. The molecule has 0 saturated carbocycles. The number of fused-ring (bicyclic) bond motifs is 1. The summed E-state index contributed by atoms with van der Waals surface area (Å²) in [7, 11) is 2.11. The van der Waals surface area contributed by atoms with Crippen molar-refractivity contribution in [3.63, 3.8) is 0 Å². The largest absolute Gasteiger partial charge is 0.479 e. The Labute approximate surface area is 200 Å². The molecule has 10 nitrogen and oxygen atoms in total. The maximum atomic E-state index is 13.7. The third kappa shape index (κ3) is 6.57. The van der Waals surface area contributed by atoms with E-state index in [0.717, 1.165) is 42.3 Å². The molecule has 1 aliphatic rings. The molecule has 184 valence electrons. The average molecular weight is 484 g/mol. The van der Waals surface area contributed by atoms with Gasteiger partial charge in [0.15, 0.2) is 12.2 Å². The van der Waals surface area contributed by atoms with E-state index in [4.69, 9.17) is 20.4 Å². The topological polar surface area (TPSA) is 147 Å². The zero-order valence-corrected chi connectivity index (χ0v) is 18.8. The lowest BCUT2D eigenvalue weighted by molar-refractivity contribution is -0.165. The first-order valence-electron chi connectivity index (χ1n) is 10.6. The van der Waals surface area contributed by atoms with Gasteiger partial charge in [-0.3, -0.25) is 0 Å². The van der Waals surface area contributed by atoms with Gasteiger partial charge >= 0.3 is 11.9 Å². The van der Waals surface area contributed by atoms with Gasteiger partial charge in [-0.1, -0.05) is 12.1 Å². The highest BCUT2D eigenvalue weighted by molar-refractivity contribution is 5.83. The lowest BCUT2D eigenvalue weighted by Crippen LogP contribution is -2.39. The number of likely N-dealkylation sites (N-methyl/N-ethyl adjacent to an activating group) is 1. The molecule has 4 N–H and O–H groups in total. The lowest BCUT2D eigenvalue weighted by Gasteiger charge is -2.25. The van der Waals surface area contributed by atoms with E-state index in [1.807, 2.05) is 18.2 Å². The molecule has 0 amide bonds. The van der Waals surface area contributed by atoms with Gasteiger partial charge in [0, 0.05) is 42.8 Å². The zero-order valence-electron chi connectivity index (χ0n) is 18.8. The third-order valence-corrected chi connectivity index (χ3v) is 5.31. The molecule has 0 spiro atoms. The van der Waals surface area contributed by atoms with E-state index in [-0.39, 0.29) is 5.82 Å². The number of aliphatic carboxylic acids is 2. The molecule has 2 aromatic carbocycles. The van der Waals surface area contributed by atoms with E-state index in [1.54, 1.807) is 18.3 Å². The van der Waals surface area contributed by atoms with Gasteiger partial charge in [-0.25, -0.2) is 14.0 Å². The second kappa shape index (κ2) is 11.5. The molecule has 0 fully saturated rings. The molecule has 2 atom stereocenters. The first kappa shape index (κ1) is 25.7. The number of aliphatic hydroxyl groups is 2. The lowest BCUT2D eigenvalue weighted by atomic mass is 10.0. The molecular formula is C24H25FN4O6. The molecule has 4 rings (SSSR count). The number of carbonyl (C=O) groups is 2. The second-order valence-electron chi connectivity index (χ2n) is 7.89. The molecule has 11 heteroatoms. The number of hydrogen-bond donors (Lipinski definition) is 4. The van der Waals surface area contributed by atoms with Crippen LogP contribution in [0.4, 0.5) is 15.8 Å². The van der Waals surface area contributed by atoms with Crippen molar-refractivity contribution in [2.24, 2.45) is 0 Å². The predicted molar refractivity (Wildman–Crippen MR) is 124 cm³/mol. The Kier molecular flexibility index (Phi) is 8.42. The summed E-state index contributed by atoms with van der Waals surface area (Å²) in [4.78, 5) is 24.0. The maximum absolute atomic E-state index is 13.7. The van der Waals surface area contributed by atoms with Crippen molar-refractivity contribution >= 4 is 23.3 Å². The van der Waals surface area contributed by atoms with Crippen molar-refractivity contribution in [3.05, 3.63) is 72.2 Å². The van der Waals surface area contributed by atoms with E-state index in [9.17, 15) is 14.0 Å². The molecule has 3 aromatic rings. The van der Waals surface area contributed by atoms with E-state index >= 15 is 0 Å². The number of aliphatic hydroxyl groups excluding tert-OH is 2. The van der Waals surface area contributed by atoms with Crippen molar-refractivity contribution in [2.45, 2.75) is 18.8 Å². The summed E-state index contributed by atoms with van der Waals surface area (Å²) in [5.41, 5.74) is 5.09. The minimum Gasteiger partial charge on any atom is -0.479 e. The van der Waals surface area contributed by atoms with E-state index in [1.165, 1.54) is 11.6 Å². The van der Waals surface area contributed by atoms with E-state index in [0.29, 0.717) is 0 Å². The molecule has 0 radical (unpaired) electrons. The van der Waals surface area contributed by atoms with Crippen LogP contribution < -0.4 is 4.90 Å². The quantitative estimate of drug-likeness (QED) is 0.422. The highest BCUT2D eigenvalue weighted by Gasteiger charge is 2.29. The Bertz CT molecular complexity index is 1160. The van der Waals surface area contributed by atoms with Crippen LogP contribution in [0.5, 0.6) is 0 Å². The van der Waals surface area contributed by atoms with Crippen molar-refractivity contribution in [3.8, 4) is 11.3 Å². The Hall–Kier alpha value is -3.93. The fourth-order valence-corrected chi connectivity index (χ4v) is 3.53. The minimum absolute atomic E-state index is 0.215. The molecule has 35 heavy (non-hydrogen) atoms. The van der Waals surface area contributed by atoms with E-state index < -0.39 is 24.1 Å². The number of carboxylic acids is 2. The SMILES string of the molecule is CN1CCN(c2cccc(F)c2)c2ccc(-c3cccnn3)cc2C1.O=C(O)[C@H](O)[C@@H](O)C(=O)O. The van der Waals surface area contributed by atoms with Crippen LogP contribution in [0.2, 0.25) is 0 Å². The number of halogens is 1. The molecule has 0 bridgehead atoms. The minimum atomic E-state index is -2.27. The summed E-state index contributed by atoms with van der Waals surface area (Å²) in [5, 5.41) is 40.7. The molecular weight excluding hydrogens is 459 g/mol. The van der Waals surface area contributed by atoms with Gasteiger partial charge in [-0.15, -0.1) is 0 Å². The summed E-state index contributed by atoms with van der Waals surface area (Å²) in [6.07, 6.45) is -2.86. The Balaban J connectivity index is 0.000000292. The van der Waals surface area contributed by atoms with Gasteiger partial charge < -0.3 is 30.2 Å². The Morgan fingerprint density at radius 2 is 1.69 bits per heavy atom. The summed E-state index contributed by atoms with van der Waals surface area (Å²) >= 11 is 0. The fraction of sp³-hybridized carbons (Fsp3) is 0.250. The van der Waals surface area contributed by atoms with Gasteiger partial charge in [0.05, 0.1) is 5.69 Å². The number of carboxylic acid groups (broad SMARTS) is 2. The predicted octanol–water partition coefficient (Wildman–Crippen LogP) is 1.74. The summed E-state index contributed by atoms with van der Waals surface area (Å²) in [6, 6.07) is 16.9. The van der Waals surface area contributed by atoms with Crippen LogP contribution in [0.1, 0.15) is 5.56 Å². The van der Waals surface area contributed by atoms with Gasteiger partial charge in [0.1, 0.15) is 5.82 Å². The maximum Gasteiger partial charge on any atom is 0.335 e. The monoisotopic (exact) mass is 484 g/mol. The Morgan fingerprint density at radius 1 is 0.971 bits per heavy atom. The number of benzene rings is 2. The Morgan fingerprint density at radius 3 is 2.29 bits per heavy atom. The van der Waals surface area contributed by atoms with Crippen molar-refractivity contribution in [1.82, 2.24) is 15.1 Å². The average Bonchev–Trinajstić information content (AvgIpc) is 3.01. The van der Waals surface area contributed by atoms with Crippen LogP contribution in [0.25, 0.3) is 11.3 Å². The standard InChI is InChI=1S/C20H19FN4.C4H6O6/c1-24-10-11-25(18-5-2-4-17(21)13-18)20-8-7-15(12-16(20)14-24)19-6-3-9-22-23-19;5-1(3(7)8)2(6)4(9)10/h2-9,12-13H,10-11,14H2,1H3;1-2,5-6H,(H,7,8)(H,9,10)/t;1-,2-/m.1/s1. The third-order valence-electron chi connectivity index (χ3n) is 5.31. The first-order valence-corrected chi connectivity index (χ1v) is 10.6. The normalized spacial score (nSPS) is 15.1. The van der Waals surface area contributed by atoms with Gasteiger partial charge in [0.2, 0.25) is 0 Å². The van der Waals surface area contributed by atoms with Crippen molar-refractivity contribution < 1.29 is 34.4 Å². The van der Waals surface area contributed by atoms with Crippen LogP contribution in [0.15, 0.2) is 60.8 Å². The van der Waals surface area contributed by atoms with Gasteiger partial charge in [0.25, 0.3) is 0 Å². The number of rotatable bonds is 5. The van der Waals surface area contributed by atoms with Crippen LogP contribution in [-0.4, -0.2) is 79.8 Å². The number of nitrogens with zero attached hydrogens (tertiary/aromatic N) is 4. The van der Waals surface area contributed by atoms with Gasteiger partial charge in [-0.2, -0.15) is 10.2 Å². The molecule has 0 unspecified atom stereocenters. The number of aromatic nitrogens is 2. The fourth-order valence-electron chi connectivity index (χ4n) is 3.53. The molecule has 0 aliphatic carbocycles. The summed E-state index contributed by atoms with van der Waals surface area (Å²) in [5.74, 6) is -3.75. The molecule has 1 aromatic heterocycles. The van der Waals surface area contributed by atoms with Crippen LogP contribution in [0.3, 0.4) is 0 Å². The smallest absolute Gasteiger partial charge is 0.335 e. The van der Waals surface area contributed by atoms with E-state index in [2.05, 4.69) is 45.2 Å². The first-order chi connectivity index (χ1) is 16.7. The molecule has 1 aliphatic heterocycles. The van der Waals surface area contributed by atoms with Crippen LogP contribution in [-0.2, 0) is 16.1 Å². The number of anilines is 2. The van der Waals surface area contributed by atoms with Crippen LogP contribution >= 0.6 is 0 Å². The highest BCUT2D eigenvalue weighted by atomic mass is 19.1. The number of hydrogen-bond acceptors (Lipinski definition) is 8.